The average molecular weight is 167 g/mol. The van der Waals surface area contributed by atoms with Crippen LogP contribution in [-0.2, 0) is 0 Å². The molecular formula is C8H9NOS. The van der Waals surface area contributed by atoms with Crippen molar-refractivity contribution in [2.45, 2.75) is 6.92 Å². The quantitative estimate of drug-likeness (QED) is 0.589. The highest BCUT2D eigenvalue weighted by atomic mass is 32.1. The number of fused-ring (bicyclic) bond motifs is 1. The summed E-state index contributed by atoms with van der Waals surface area (Å²) in [6.07, 6.45) is 0. The van der Waals surface area contributed by atoms with Crippen LogP contribution in [0, 0.1) is 6.92 Å². The Morgan fingerprint density at radius 3 is 2.73 bits per heavy atom. The Balaban J connectivity index is 0.000000605. The summed E-state index contributed by atoms with van der Waals surface area (Å²) >= 11 is 1.74. The molecule has 1 aromatic heterocycles. The van der Waals surface area contributed by atoms with Crippen molar-refractivity contribution in [1.29, 1.82) is 0 Å². The van der Waals surface area contributed by atoms with Gasteiger partial charge in [-0.1, -0.05) is 12.1 Å². The van der Waals surface area contributed by atoms with Crippen molar-refractivity contribution in [3.63, 3.8) is 0 Å². The van der Waals surface area contributed by atoms with Gasteiger partial charge in [-0.25, -0.2) is 4.98 Å². The van der Waals surface area contributed by atoms with Gasteiger partial charge in [0.15, 0.2) is 0 Å². The molecule has 0 bridgehead atoms. The molecule has 0 saturated carbocycles. The molecule has 2 N–H and O–H groups in total. The molecule has 0 unspecified atom stereocenters. The van der Waals surface area contributed by atoms with Gasteiger partial charge in [-0.15, -0.1) is 11.3 Å². The van der Waals surface area contributed by atoms with Crippen LogP contribution in [0.25, 0.3) is 10.2 Å². The molecule has 0 amide bonds. The second kappa shape index (κ2) is 2.98. The summed E-state index contributed by atoms with van der Waals surface area (Å²) in [4.78, 5) is 4.33. The maximum absolute atomic E-state index is 4.33. The molecule has 0 aliphatic heterocycles. The highest BCUT2D eigenvalue weighted by molar-refractivity contribution is 7.18. The number of hydrogen-bond acceptors (Lipinski definition) is 2. The summed E-state index contributed by atoms with van der Waals surface area (Å²) in [7, 11) is 0. The normalized spacial score (nSPS) is 9.55. The zero-order valence-electron chi connectivity index (χ0n) is 6.16. The van der Waals surface area contributed by atoms with Crippen molar-refractivity contribution in [2.24, 2.45) is 0 Å². The van der Waals surface area contributed by atoms with E-state index in [9.17, 15) is 0 Å². The number of aromatic nitrogens is 1. The molecule has 3 heteroatoms. The highest BCUT2D eigenvalue weighted by Gasteiger charge is 1.95. The SMILES string of the molecule is Cc1nc2ccccc2s1.O. The molecule has 2 nitrogen and oxygen atoms in total. The Hall–Kier alpha value is -0.930. The van der Waals surface area contributed by atoms with Crippen molar-refractivity contribution < 1.29 is 5.48 Å². The third kappa shape index (κ3) is 1.39. The first kappa shape index (κ1) is 8.17. The fourth-order valence-corrected chi connectivity index (χ4v) is 1.81. The number of benzene rings is 1. The van der Waals surface area contributed by atoms with Gasteiger partial charge in [0.25, 0.3) is 0 Å². The minimum atomic E-state index is 0. The van der Waals surface area contributed by atoms with E-state index in [-0.39, 0.29) is 5.48 Å². The lowest BCUT2D eigenvalue weighted by molar-refractivity contribution is 0.824. The fourth-order valence-electron chi connectivity index (χ4n) is 0.987. The summed E-state index contributed by atoms with van der Waals surface area (Å²) in [5.41, 5.74) is 1.12. The van der Waals surface area contributed by atoms with Crippen LogP contribution in [0.4, 0.5) is 0 Å². The molecule has 0 saturated heterocycles. The lowest BCUT2D eigenvalue weighted by atomic mass is 10.3. The van der Waals surface area contributed by atoms with E-state index in [0.29, 0.717) is 0 Å². The first-order valence-electron chi connectivity index (χ1n) is 3.18. The summed E-state index contributed by atoms with van der Waals surface area (Å²) in [5, 5.41) is 1.14. The Bertz CT molecular complexity index is 323. The zero-order chi connectivity index (χ0) is 6.97. The topological polar surface area (TPSA) is 44.4 Å². The molecule has 0 spiro atoms. The molecule has 58 valence electrons. The minimum Gasteiger partial charge on any atom is -0.412 e. The smallest absolute Gasteiger partial charge is 0.0907 e. The minimum absolute atomic E-state index is 0. The third-order valence-electron chi connectivity index (χ3n) is 1.40. The van der Waals surface area contributed by atoms with Gasteiger partial charge in [0.05, 0.1) is 15.2 Å². The van der Waals surface area contributed by atoms with Gasteiger partial charge < -0.3 is 5.48 Å². The summed E-state index contributed by atoms with van der Waals surface area (Å²) in [6.45, 7) is 2.03. The lowest BCUT2D eigenvalue weighted by Gasteiger charge is -1.80. The van der Waals surface area contributed by atoms with Crippen LogP contribution in [0.5, 0.6) is 0 Å². The molecule has 2 rings (SSSR count). The van der Waals surface area contributed by atoms with Crippen LogP contribution in [-0.4, -0.2) is 10.5 Å². The number of rotatable bonds is 0. The van der Waals surface area contributed by atoms with Gasteiger partial charge in [-0.05, 0) is 19.1 Å². The number of aryl methyl sites for hydroxylation is 1. The molecule has 11 heavy (non-hydrogen) atoms. The van der Waals surface area contributed by atoms with Gasteiger partial charge >= 0.3 is 0 Å². The van der Waals surface area contributed by atoms with Crippen molar-refractivity contribution in [1.82, 2.24) is 4.98 Å². The van der Waals surface area contributed by atoms with E-state index in [1.54, 1.807) is 11.3 Å². The highest BCUT2D eigenvalue weighted by Crippen LogP contribution is 2.19. The van der Waals surface area contributed by atoms with Gasteiger partial charge in [-0.2, -0.15) is 0 Å². The molecule has 0 aliphatic carbocycles. The molecule has 0 aliphatic rings. The van der Waals surface area contributed by atoms with E-state index in [4.69, 9.17) is 0 Å². The van der Waals surface area contributed by atoms with Gasteiger partial charge in [0.2, 0.25) is 0 Å². The first-order chi connectivity index (χ1) is 4.86. The maximum atomic E-state index is 4.33. The molecule has 0 fully saturated rings. The fraction of sp³-hybridized carbons (Fsp3) is 0.125. The predicted molar refractivity (Wildman–Crippen MR) is 48.0 cm³/mol. The van der Waals surface area contributed by atoms with Crippen molar-refractivity contribution in [2.75, 3.05) is 0 Å². The Morgan fingerprint density at radius 1 is 1.27 bits per heavy atom. The molecule has 0 atom stereocenters. The summed E-state index contributed by atoms with van der Waals surface area (Å²) in [6, 6.07) is 8.19. The van der Waals surface area contributed by atoms with E-state index in [0.717, 1.165) is 10.5 Å². The van der Waals surface area contributed by atoms with Crippen LogP contribution in [0.15, 0.2) is 24.3 Å². The van der Waals surface area contributed by atoms with Crippen molar-refractivity contribution in [3.05, 3.63) is 29.3 Å². The van der Waals surface area contributed by atoms with E-state index in [2.05, 4.69) is 11.1 Å². The summed E-state index contributed by atoms with van der Waals surface area (Å²) < 4.78 is 1.28. The standard InChI is InChI=1S/C8H7NS.H2O/c1-6-9-7-4-2-3-5-8(7)10-6;/h2-5H,1H3;1H2. The van der Waals surface area contributed by atoms with Crippen molar-refractivity contribution in [3.8, 4) is 0 Å². The Kier molecular flexibility index (Phi) is 2.22. The molecule has 1 aromatic carbocycles. The second-order valence-electron chi connectivity index (χ2n) is 2.20. The van der Waals surface area contributed by atoms with E-state index in [1.807, 2.05) is 25.1 Å². The Morgan fingerprint density at radius 2 is 2.00 bits per heavy atom. The third-order valence-corrected chi connectivity index (χ3v) is 2.35. The average Bonchev–Trinajstić information content (AvgIpc) is 2.27. The van der Waals surface area contributed by atoms with Crippen molar-refractivity contribution >= 4 is 21.6 Å². The number of hydrogen-bond donors (Lipinski definition) is 0. The Labute approximate surface area is 68.8 Å². The van der Waals surface area contributed by atoms with Gasteiger partial charge in [0, 0.05) is 0 Å². The van der Waals surface area contributed by atoms with E-state index in [1.165, 1.54) is 4.70 Å². The second-order valence-corrected chi connectivity index (χ2v) is 3.44. The molecular weight excluding hydrogens is 158 g/mol. The maximum Gasteiger partial charge on any atom is 0.0907 e. The van der Waals surface area contributed by atoms with Crippen LogP contribution >= 0.6 is 11.3 Å². The van der Waals surface area contributed by atoms with Crippen LogP contribution in [0.1, 0.15) is 5.01 Å². The largest absolute Gasteiger partial charge is 0.412 e. The number of nitrogens with zero attached hydrogens (tertiary/aromatic N) is 1. The van der Waals surface area contributed by atoms with Crippen LogP contribution in [0.3, 0.4) is 0 Å². The van der Waals surface area contributed by atoms with E-state index >= 15 is 0 Å². The molecule has 0 radical (unpaired) electrons. The van der Waals surface area contributed by atoms with Crippen LogP contribution in [0.2, 0.25) is 0 Å². The number of para-hydroxylation sites is 1. The first-order valence-corrected chi connectivity index (χ1v) is 4.00. The van der Waals surface area contributed by atoms with Gasteiger partial charge in [-0.3, -0.25) is 0 Å². The van der Waals surface area contributed by atoms with E-state index < -0.39 is 0 Å². The predicted octanol–water partition coefficient (Wildman–Crippen LogP) is 1.78. The summed E-state index contributed by atoms with van der Waals surface area (Å²) in [5.74, 6) is 0. The molecule has 1 heterocycles. The molecule has 2 aromatic rings. The monoisotopic (exact) mass is 167 g/mol. The van der Waals surface area contributed by atoms with Crippen LogP contribution < -0.4 is 0 Å². The van der Waals surface area contributed by atoms with Gasteiger partial charge in [0.1, 0.15) is 0 Å². The number of thiazole rings is 1. The zero-order valence-corrected chi connectivity index (χ0v) is 6.98. The lowest BCUT2D eigenvalue weighted by Crippen LogP contribution is -1.65.